The van der Waals surface area contributed by atoms with E-state index in [0.29, 0.717) is 0 Å². The lowest BCUT2D eigenvalue weighted by Crippen LogP contribution is -2.40. The Hall–Kier alpha value is -2.22. The molecule has 0 saturated heterocycles. The fourth-order valence-corrected chi connectivity index (χ4v) is 2.69. The van der Waals surface area contributed by atoms with Gasteiger partial charge in [0.1, 0.15) is 17.5 Å². The maximum Gasteiger partial charge on any atom is 0.316 e. The second-order valence-electron chi connectivity index (χ2n) is 4.92. The Bertz CT molecular complexity index is 585. The number of Topliss-reactive ketones (excluding diaryl/α,β-unsaturated/α-hetero) is 1. The molecule has 1 aromatic rings. The predicted molar refractivity (Wildman–Crippen MR) is 68.1 cm³/mol. The third kappa shape index (κ3) is 2.29. The lowest BCUT2D eigenvalue weighted by Gasteiger charge is -2.34. The first-order chi connectivity index (χ1) is 9.54. The maximum absolute atomic E-state index is 14.0. The van der Waals surface area contributed by atoms with Crippen LogP contribution in [0.15, 0.2) is 24.3 Å². The fourth-order valence-electron chi connectivity index (χ4n) is 2.69. The van der Waals surface area contributed by atoms with Crippen LogP contribution in [-0.4, -0.2) is 18.9 Å². The number of methoxy groups -OCH3 is 1. The van der Waals surface area contributed by atoms with Gasteiger partial charge in [-0.15, -0.1) is 0 Å². The molecule has 1 aromatic carbocycles. The van der Waals surface area contributed by atoms with Crippen LogP contribution in [-0.2, 0) is 19.7 Å². The van der Waals surface area contributed by atoms with Crippen LogP contribution in [0.2, 0.25) is 0 Å². The monoisotopic (exact) mass is 275 g/mol. The molecule has 4 nitrogen and oxygen atoms in total. The molecular weight excluding hydrogens is 261 g/mol. The molecule has 5 heteroatoms. The quantitative estimate of drug-likeness (QED) is 0.612. The van der Waals surface area contributed by atoms with Gasteiger partial charge in [0.15, 0.2) is 0 Å². The van der Waals surface area contributed by atoms with E-state index in [9.17, 15) is 19.2 Å². The highest BCUT2D eigenvalue weighted by molar-refractivity contribution is 6.00. The van der Waals surface area contributed by atoms with Crippen molar-refractivity contribution < 1.29 is 18.7 Å². The zero-order valence-electron chi connectivity index (χ0n) is 11.1. The van der Waals surface area contributed by atoms with E-state index in [0.717, 1.165) is 0 Å². The number of carbonyl (C=O) groups excluding carboxylic acids is 2. The van der Waals surface area contributed by atoms with Crippen molar-refractivity contribution in [3.63, 3.8) is 0 Å². The summed E-state index contributed by atoms with van der Waals surface area (Å²) in [5.41, 5.74) is -0.915. The van der Waals surface area contributed by atoms with E-state index in [1.165, 1.54) is 25.3 Å². The predicted octanol–water partition coefficient (Wildman–Crippen LogP) is 2.13. The van der Waals surface area contributed by atoms with Crippen LogP contribution in [0.3, 0.4) is 0 Å². The molecule has 1 fully saturated rings. The van der Waals surface area contributed by atoms with E-state index in [4.69, 9.17) is 0 Å². The number of rotatable bonds is 2. The zero-order chi connectivity index (χ0) is 14.8. The van der Waals surface area contributed by atoms with Gasteiger partial charge in [-0.1, -0.05) is 18.2 Å². The number of carbonyl (C=O) groups is 2. The summed E-state index contributed by atoms with van der Waals surface area (Å²) in [5, 5.41) is 9.50. The van der Waals surface area contributed by atoms with Gasteiger partial charge in [0, 0.05) is 12.0 Å². The third-order valence-corrected chi connectivity index (χ3v) is 3.83. The molecule has 2 rings (SSSR count). The number of nitrogens with zero attached hydrogens (tertiary/aromatic N) is 1. The molecule has 20 heavy (non-hydrogen) atoms. The van der Waals surface area contributed by atoms with Gasteiger partial charge in [-0.05, 0) is 18.9 Å². The van der Waals surface area contributed by atoms with Crippen molar-refractivity contribution in [2.75, 3.05) is 7.11 Å². The summed E-state index contributed by atoms with van der Waals surface area (Å²) in [6.07, 6.45) is 0.258. The summed E-state index contributed by atoms with van der Waals surface area (Å²) >= 11 is 0. The molecule has 0 amide bonds. The highest BCUT2D eigenvalue weighted by atomic mass is 19.1. The number of nitriles is 1. The van der Waals surface area contributed by atoms with Crippen molar-refractivity contribution in [1.29, 1.82) is 5.26 Å². The number of halogens is 1. The van der Waals surface area contributed by atoms with Crippen molar-refractivity contribution in [2.45, 2.75) is 24.7 Å². The lowest BCUT2D eigenvalue weighted by atomic mass is 9.66. The van der Waals surface area contributed by atoms with E-state index in [-0.39, 0.29) is 30.6 Å². The average Bonchev–Trinajstić information content (AvgIpc) is 2.48. The van der Waals surface area contributed by atoms with Gasteiger partial charge in [-0.3, -0.25) is 9.59 Å². The number of hydrogen-bond acceptors (Lipinski definition) is 4. The third-order valence-electron chi connectivity index (χ3n) is 3.83. The fraction of sp³-hybridized carbons (Fsp3) is 0.400. The highest BCUT2D eigenvalue weighted by Crippen LogP contribution is 2.41. The largest absolute Gasteiger partial charge is 0.468 e. The van der Waals surface area contributed by atoms with E-state index in [2.05, 4.69) is 10.8 Å². The summed E-state index contributed by atoms with van der Waals surface area (Å²) in [7, 11) is 1.20. The molecule has 0 heterocycles. The number of ketones is 1. The van der Waals surface area contributed by atoms with Crippen LogP contribution < -0.4 is 0 Å². The topological polar surface area (TPSA) is 67.2 Å². The van der Waals surface area contributed by atoms with Gasteiger partial charge < -0.3 is 4.74 Å². The first-order valence-corrected chi connectivity index (χ1v) is 6.31. The first kappa shape index (κ1) is 14.2. The molecule has 1 saturated carbocycles. The molecule has 0 aliphatic heterocycles. The molecule has 2 atom stereocenters. The van der Waals surface area contributed by atoms with E-state index in [1.807, 2.05) is 0 Å². The summed E-state index contributed by atoms with van der Waals surface area (Å²) in [6.45, 7) is 0. The molecular formula is C15H14FNO3. The number of hydrogen-bond donors (Lipinski definition) is 0. The average molecular weight is 275 g/mol. The molecule has 0 N–H and O–H groups in total. The lowest BCUT2D eigenvalue weighted by molar-refractivity contribution is -0.151. The van der Waals surface area contributed by atoms with Crippen LogP contribution in [0, 0.1) is 23.1 Å². The van der Waals surface area contributed by atoms with Gasteiger partial charge in [0.2, 0.25) is 0 Å². The van der Waals surface area contributed by atoms with Gasteiger partial charge >= 0.3 is 5.97 Å². The molecule has 0 aromatic heterocycles. The second kappa shape index (κ2) is 5.41. The Labute approximate surface area is 116 Å². The van der Waals surface area contributed by atoms with Crippen LogP contribution in [0.1, 0.15) is 24.8 Å². The second-order valence-corrected chi connectivity index (χ2v) is 4.92. The Kier molecular flexibility index (Phi) is 3.84. The first-order valence-electron chi connectivity index (χ1n) is 6.31. The van der Waals surface area contributed by atoms with Crippen LogP contribution in [0.5, 0.6) is 0 Å². The van der Waals surface area contributed by atoms with Gasteiger partial charge in [0.25, 0.3) is 0 Å². The summed E-state index contributed by atoms with van der Waals surface area (Å²) < 4.78 is 18.6. The van der Waals surface area contributed by atoms with Gasteiger partial charge in [-0.25, -0.2) is 4.39 Å². The Morgan fingerprint density at radius 3 is 2.80 bits per heavy atom. The number of esters is 1. The molecule has 0 radical (unpaired) electrons. The Balaban J connectivity index is 2.43. The molecule has 0 unspecified atom stereocenters. The molecule has 104 valence electrons. The highest BCUT2D eigenvalue weighted by Gasteiger charge is 2.46. The van der Waals surface area contributed by atoms with Crippen molar-refractivity contribution >= 4 is 11.8 Å². The Morgan fingerprint density at radius 2 is 2.20 bits per heavy atom. The van der Waals surface area contributed by atoms with Crippen molar-refractivity contribution in [1.82, 2.24) is 0 Å². The summed E-state index contributed by atoms with van der Waals surface area (Å²) in [6, 6.07) is 8.09. The van der Waals surface area contributed by atoms with Crippen molar-refractivity contribution in [3.05, 3.63) is 35.6 Å². The minimum absolute atomic E-state index is 0.0318. The molecule has 1 aliphatic carbocycles. The normalized spacial score (nSPS) is 25.9. The van der Waals surface area contributed by atoms with Crippen LogP contribution >= 0.6 is 0 Å². The van der Waals surface area contributed by atoms with E-state index < -0.39 is 23.1 Å². The van der Waals surface area contributed by atoms with Gasteiger partial charge in [0.05, 0.1) is 18.6 Å². The standard InChI is InChI=1S/C15H14FNO3/c1-20-14(19)10-8-15(9-17,7-6-13(10)18)11-4-2-3-5-12(11)16/h2-5,10H,6-8H2,1H3/t10-,15+/m0/s1. The minimum atomic E-state index is -1.15. The smallest absolute Gasteiger partial charge is 0.316 e. The maximum atomic E-state index is 14.0. The van der Waals surface area contributed by atoms with Gasteiger partial charge in [-0.2, -0.15) is 5.26 Å². The van der Waals surface area contributed by atoms with E-state index in [1.54, 1.807) is 6.07 Å². The number of benzene rings is 1. The van der Waals surface area contributed by atoms with Crippen LogP contribution in [0.4, 0.5) is 4.39 Å². The number of ether oxygens (including phenoxy) is 1. The minimum Gasteiger partial charge on any atom is -0.468 e. The molecule has 0 spiro atoms. The summed E-state index contributed by atoms with van der Waals surface area (Å²) in [5.74, 6) is -2.40. The van der Waals surface area contributed by atoms with E-state index >= 15 is 0 Å². The zero-order valence-corrected chi connectivity index (χ0v) is 11.1. The molecule has 0 bridgehead atoms. The Morgan fingerprint density at radius 1 is 1.50 bits per heavy atom. The van der Waals surface area contributed by atoms with Crippen molar-refractivity contribution in [2.24, 2.45) is 5.92 Å². The van der Waals surface area contributed by atoms with Crippen LogP contribution in [0.25, 0.3) is 0 Å². The van der Waals surface area contributed by atoms with Crippen molar-refractivity contribution in [3.8, 4) is 6.07 Å². The summed E-state index contributed by atoms with van der Waals surface area (Å²) in [4.78, 5) is 23.5. The molecule has 1 aliphatic rings. The SMILES string of the molecule is COC(=O)[C@H]1C[C@](C#N)(c2ccccc2F)CCC1=O.